The van der Waals surface area contributed by atoms with Gasteiger partial charge in [-0.3, -0.25) is 4.79 Å². The van der Waals surface area contributed by atoms with Crippen molar-refractivity contribution in [2.75, 3.05) is 11.9 Å². The molecular formula is C20H16N4O2. The molecule has 3 aromatic rings. The first-order chi connectivity index (χ1) is 12.7. The molecule has 2 aromatic carbocycles. The predicted octanol–water partition coefficient (Wildman–Crippen LogP) is 3.29. The Hall–Kier alpha value is -3.85. The summed E-state index contributed by atoms with van der Waals surface area (Å²) in [5, 5.41) is 11.6. The van der Waals surface area contributed by atoms with Crippen molar-refractivity contribution >= 4 is 17.3 Å². The van der Waals surface area contributed by atoms with E-state index in [4.69, 9.17) is 10.00 Å². The molecule has 6 heteroatoms. The Morgan fingerprint density at radius 1 is 1.27 bits per heavy atom. The average Bonchev–Trinajstić information content (AvgIpc) is 3.21. The standard InChI is InChI=1S/C20H16N4O2/c1-15(24-10-9-22-14-24)18-7-2-3-8-19(18)26-13-20(25)23-17-6-4-5-16(11-17)12-21/h2-11,14H,1,13H2,(H,23,25). The van der Waals surface area contributed by atoms with Crippen molar-refractivity contribution < 1.29 is 9.53 Å². The fraction of sp³-hybridized carbons (Fsp3) is 0.0500. The molecule has 0 spiro atoms. The largest absolute Gasteiger partial charge is 0.483 e. The van der Waals surface area contributed by atoms with E-state index in [1.807, 2.05) is 24.3 Å². The molecule has 128 valence electrons. The minimum Gasteiger partial charge on any atom is -0.483 e. The van der Waals surface area contributed by atoms with E-state index in [1.165, 1.54) is 0 Å². The Balaban J connectivity index is 1.67. The van der Waals surface area contributed by atoms with Crippen LogP contribution in [0.3, 0.4) is 0 Å². The number of carbonyl (C=O) groups is 1. The number of carbonyl (C=O) groups excluding carboxylic acids is 1. The summed E-state index contributed by atoms with van der Waals surface area (Å²) in [6.45, 7) is 3.89. The van der Waals surface area contributed by atoms with Crippen LogP contribution in [0.5, 0.6) is 5.75 Å². The lowest BCUT2D eigenvalue weighted by molar-refractivity contribution is -0.118. The van der Waals surface area contributed by atoms with Crippen LogP contribution in [0, 0.1) is 11.3 Å². The van der Waals surface area contributed by atoms with Crippen LogP contribution in [0.2, 0.25) is 0 Å². The second kappa shape index (κ2) is 7.81. The maximum atomic E-state index is 12.1. The van der Waals surface area contributed by atoms with Crippen molar-refractivity contribution in [2.24, 2.45) is 0 Å². The number of amides is 1. The molecule has 6 nitrogen and oxygen atoms in total. The van der Waals surface area contributed by atoms with Crippen molar-refractivity contribution in [2.45, 2.75) is 0 Å². The fourth-order valence-electron chi connectivity index (χ4n) is 2.40. The van der Waals surface area contributed by atoms with Gasteiger partial charge < -0.3 is 14.6 Å². The summed E-state index contributed by atoms with van der Waals surface area (Å²) in [4.78, 5) is 16.1. The zero-order valence-electron chi connectivity index (χ0n) is 13.9. The van der Waals surface area contributed by atoms with Crippen LogP contribution < -0.4 is 10.1 Å². The van der Waals surface area contributed by atoms with E-state index < -0.39 is 0 Å². The third-order valence-corrected chi connectivity index (χ3v) is 3.65. The summed E-state index contributed by atoms with van der Waals surface area (Å²) in [5.41, 5.74) is 2.49. The number of aromatic nitrogens is 2. The number of nitriles is 1. The summed E-state index contributed by atoms with van der Waals surface area (Å²) in [6, 6.07) is 16.1. The molecule has 0 unspecified atom stereocenters. The van der Waals surface area contributed by atoms with Crippen LogP contribution in [-0.4, -0.2) is 22.1 Å². The van der Waals surface area contributed by atoms with Gasteiger partial charge in [0.15, 0.2) is 6.61 Å². The Bertz CT molecular complexity index is 971. The van der Waals surface area contributed by atoms with Gasteiger partial charge in [-0.2, -0.15) is 5.26 Å². The molecule has 0 aliphatic rings. The van der Waals surface area contributed by atoms with Crippen molar-refractivity contribution in [3.05, 3.63) is 85.0 Å². The SMILES string of the molecule is C=C(c1ccccc1OCC(=O)Nc1cccc(C#N)c1)n1ccnc1. The molecule has 0 aliphatic heterocycles. The maximum absolute atomic E-state index is 12.1. The molecule has 1 N–H and O–H groups in total. The number of imidazole rings is 1. The zero-order valence-corrected chi connectivity index (χ0v) is 13.9. The van der Waals surface area contributed by atoms with Crippen LogP contribution in [0.1, 0.15) is 11.1 Å². The van der Waals surface area contributed by atoms with Gasteiger partial charge in [-0.15, -0.1) is 0 Å². The Morgan fingerprint density at radius 2 is 2.12 bits per heavy atom. The summed E-state index contributed by atoms with van der Waals surface area (Å²) in [5.74, 6) is 0.232. The summed E-state index contributed by atoms with van der Waals surface area (Å²) >= 11 is 0. The Kier molecular flexibility index (Phi) is 5.11. The predicted molar refractivity (Wildman–Crippen MR) is 98.4 cm³/mol. The lowest BCUT2D eigenvalue weighted by Crippen LogP contribution is -2.20. The lowest BCUT2D eigenvalue weighted by atomic mass is 10.1. The molecule has 0 aliphatic carbocycles. The summed E-state index contributed by atoms with van der Waals surface area (Å²) in [7, 11) is 0. The summed E-state index contributed by atoms with van der Waals surface area (Å²) in [6.07, 6.45) is 5.10. The van der Waals surface area contributed by atoms with Gasteiger partial charge in [-0.1, -0.05) is 24.8 Å². The van der Waals surface area contributed by atoms with Crippen LogP contribution >= 0.6 is 0 Å². The minimum absolute atomic E-state index is 0.162. The molecule has 1 heterocycles. The smallest absolute Gasteiger partial charge is 0.262 e. The number of nitrogens with one attached hydrogen (secondary N) is 1. The molecule has 0 atom stereocenters. The molecular weight excluding hydrogens is 328 g/mol. The van der Waals surface area contributed by atoms with Gasteiger partial charge in [0, 0.05) is 23.6 Å². The fourth-order valence-corrected chi connectivity index (χ4v) is 2.40. The molecule has 0 bridgehead atoms. The van der Waals surface area contributed by atoms with E-state index in [2.05, 4.69) is 16.9 Å². The highest BCUT2D eigenvalue weighted by Crippen LogP contribution is 2.25. The normalized spacial score (nSPS) is 9.96. The first-order valence-corrected chi connectivity index (χ1v) is 7.87. The number of rotatable bonds is 6. The molecule has 1 amide bonds. The van der Waals surface area contributed by atoms with Gasteiger partial charge in [0.1, 0.15) is 5.75 Å². The zero-order chi connectivity index (χ0) is 18.4. The molecule has 1 aromatic heterocycles. The van der Waals surface area contributed by atoms with E-state index in [-0.39, 0.29) is 12.5 Å². The van der Waals surface area contributed by atoms with Crippen LogP contribution in [0.15, 0.2) is 73.8 Å². The number of anilines is 1. The van der Waals surface area contributed by atoms with Gasteiger partial charge in [-0.25, -0.2) is 4.98 Å². The van der Waals surface area contributed by atoms with Crippen LogP contribution in [0.25, 0.3) is 5.70 Å². The first-order valence-electron chi connectivity index (χ1n) is 7.87. The number of ether oxygens (including phenoxy) is 1. The van der Waals surface area contributed by atoms with Gasteiger partial charge >= 0.3 is 0 Å². The van der Waals surface area contributed by atoms with Crippen molar-refractivity contribution in [1.82, 2.24) is 9.55 Å². The summed E-state index contributed by atoms with van der Waals surface area (Å²) < 4.78 is 7.45. The molecule has 0 radical (unpaired) electrons. The highest BCUT2D eigenvalue weighted by Gasteiger charge is 2.10. The van der Waals surface area contributed by atoms with Crippen LogP contribution in [-0.2, 0) is 4.79 Å². The topological polar surface area (TPSA) is 79.9 Å². The third kappa shape index (κ3) is 3.97. The number of hydrogen-bond acceptors (Lipinski definition) is 4. The maximum Gasteiger partial charge on any atom is 0.262 e. The average molecular weight is 344 g/mol. The monoisotopic (exact) mass is 344 g/mol. The van der Waals surface area contributed by atoms with Crippen molar-refractivity contribution in [3.63, 3.8) is 0 Å². The quantitative estimate of drug-likeness (QED) is 0.744. The molecule has 3 rings (SSSR count). The Morgan fingerprint density at radius 3 is 2.88 bits per heavy atom. The van der Waals surface area contributed by atoms with Gasteiger partial charge in [0.2, 0.25) is 0 Å². The molecule has 0 fully saturated rings. The molecule has 0 saturated heterocycles. The third-order valence-electron chi connectivity index (χ3n) is 3.65. The van der Waals surface area contributed by atoms with Gasteiger partial charge in [0.25, 0.3) is 5.91 Å². The van der Waals surface area contributed by atoms with E-state index in [0.717, 1.165) is 5.56 Å². The lowest BCUT2D eigenvalue weighted by Gasteiger charge is -2.14. The highest BCUT2D eigenvalue weighted by atomic mass is 16.5. The number of nitrogens with zero attached hydrogens (tertiary/aromatic N) is 3. The van der Waals surface area contributed by atoms with Gasteiger partial charge in [-0.05, 0) is 30.3 Å². The van der Waals surface area contributed by atoms with Crippen LogP contribution in [0.4, 0.5) is 5.69 Å². The second-order valence-corrected chi connectivity index (χ2v) is 5.44. The molecule has 26 heavy (non-hydrogen) atoms. The van der Waals surface area contributed by atoms with Gasteiger partial charge in [0.05, 0.1) is 23.7 Å². The van der Waals surface area contributed by atoms with Crippen molar-refractivity contribution in [3.8, 4) is 11.8 Å². The van der Waals surface area contributed by atoms with Crippen molar-refractivity contribution in [1.29, 1.82) is 5.26 Å². The Labute approximate surface area is 151 Å². The number of hydrogen-bond donors (Lipinski definition) is 1. The first kappa shape index (κ1) is 17.0. The highest BCUT2D eigenvalue weighted by molar-refractivity contribution is 5.92. The number of para-hydroxylation sites is 1. The number of benzene rings is 2. The van der Waals surface area contributed by atoms with E-state index in [1.54, 1.807) is 53.6 Å². The minimum atomic E-state index is -0.317. The molecule has 0 saturated carbocycles. The van der Waals surface area contributed by atoms with E-state index in [0.29, 0.717) is 22.7 Å². The van der Waals surface area contributed by atoms with E-state index in [9.17, 15) is 4.79 Å². The van der Waals surface area contributed by atoms with E-state index >= 15 is 0 Å². The second-order valence-electron chi connectivity index (χ2n) is 5.44.